The van der Waals surface area contributed by atoms with Gasteiger partial charge in [0.25, 0.3) is 0 Å². The Morgan fingerprint density at radius 2 is 1.93 bits per heavy atom. The van der Waals surface area contributed by atoms with E-state index in [9.17, 15) is 4.21 Å². The van der Waals surface area contributed by atoms with E-state index in [2.05, 4.69) is 0 Å². The lowest BCUT2D eigenvalue weighted by atomic mass is 10.0. The number of unbranched alkanes of at least 4 members (excludes halogenated alkanes) is 1. The summed E-state index contributed by atoms with van der Waals surface area (Å²) in [4.78, 5) is 0. The normalized spacial score (nSPS) is 22.5. The van der Waals surface area contributed by atoms with Crippen molar-refractivity contribution >= 4 is 10.8 Å². The van der Waals surface area contributed by atoms with Gasteiger partial charge < -0.3 is 5.73 Å². The smallest absolute Gasteiger partial charge is 0.0348 e. The van der Waals surface area contributed by atoms with Crippen LogP contribution in [0.15, 0.2) is 0 Å². The molecule has 2 N–H and O–H groups in total. The van der Waals surface area contributed by atoms with E-state index in [0.717, 1.165) is 25.0 Å². The standard InChI is InChI=1S/C12H25NOS/c1-11(13)7-5-6-10-15(14)12-8-3-2-4-9-12/h11-12H,2-10,13H2,1H3. The highest BCUT2D eigenvalue weighted by Gasteiger charge is 2.18. The third-order valence-electron chi connectivity index (χ3n) is 3.18. The van der Waals surface area contributed by atoms with Crippen LogP contribution in [0.5, 0.6) is 0 Å². The van der Waals surface area contributed by atoms with Crippen molar-refractivity contribution in [3.63, 3.8) is 0 Å². The molecule has 0 bridgehead atoms. The second-order valence-corrected chi connectivity index (χ2v) is 6.65. The maximum Gasteiger partial charge on any atom is 0.0348 e. The van der Waals surface area contributed by atoms with Crippen LogP contribution in [0.3, 0.4) is 0 Å². The van der Waals surface area contributed by atoms with Crippen LogP contribution in [0.4, 0.5) is 0 Å². The summed E-state index contributed by atoms with van der Waals surface area (Å²) in [6.45, 7) is 2.04. The summed E-state index contributed by atoms with van der Waals surface area (Å²) in [6.07, 6.45) is 9.60. The Bertz CT molecular complexity index is 188. The van der Waals surface area contributed by atoms with Crippen molar-refractivity contribution in [3.05, 3.63) is 0 Å². The third kappa shape index (κ3) is 5.67. The topological polar surface area (TPSA) is 43.1 Å². The highest BCUT2D eigenvalue weighted by molar-refractivity contribution is 7.85. The van der Waals surface area contributed by atoms with Crippen molar-refractivity contribution in [2.45, 2.75) is 69.6 Å². The van der Waals surface area contributed by atoms with Crippen molar-refractivity contribution < 1.29 is 4.21 Å². The molecule has 1 saturated carbocycles. The van der Waals surface area contributed by atoms with Crippen LogP contribution in [0.2, 0.25) is 0 Å². The van der Waals surface area contributed by atoms with Gasteiger partial charge in [-0.3, -0.25) is 4.21 Å². The van der Waals surface area contributed by atoms with Crippen molar-refractivity contribution in [1.82, 2.24) is 0 Å². The van der Waals surface area contributed by atoms with Gasteiger partial charge in [0, 0.05) is 27.8 Å². The third-order valence-corrected chi connectivity index (χ3v) is 5.08. The monoisotopic (exact) mass is 231 g/mol. The molecular formula is C12H25NOS. The summed E-state index contributed by atoms with van der Waals surface area (Å²) < 4.78 is 11.9. The summed E-state index contributed by atoms with van der Waals surface area (Å²) in [5.41, 5.74) is 5.68. The van der Waals surface area contributed by atoms with Gasteiger partial charge in [0.15, 0.2) is 0 Å². The Hall–Kier alpha value is 0.110. The fraction of sp³-hybridized carbons (Fsp3) is 1.00. The Balaban J connectivity index is 2.07. The van der Waals surface area contributed by atoms with Gasteiger partial charge in [0.05, 0.1) is 0 Å². The number of hydrogen-bond acceptors (Lipinski definition) is 2. The number of nitrogens with two attached hydrogens (primary N) is 1. The lowest BCUT2D eigenvalue weighted by Crippen LogP contribution is -2.21. The maximum absolute atomic E-state index is 11.9. The van der Waals surface area contributed by atoms with Gasteiger partial charge in [-0.25, -0.2) is 0 Å². The first kappa shape index (κ1) is 13.2. The van der Waals surface area contributed by atoms with E-state index in [1.54, 1.807) is 0 Å². The lowest BCUT2D eigenvalue weighted by molar-refractivity contribution is 0.503. The summed E-state index contributed by atoms with van der Waals surface area (Å²) >= 11 is 0. The molecule has 1 rings (SSSR count). The summed E-state index contributed by atoms with van der Waals surface area (Å²) in [5, 5.41) is 0.508. The Labute approximate surface area is 96.5 Å². The molecule has 1 aliphatic carbocycles. The quantitative estimate of drug-likeness (QED) is 0.714. The van der Waals surface area contributed by atoms with Gasteiger partial charge in [-0.1, -0.05) is 25.7 Å². The Morgan fingerprint density at radius 3 is 2.53 bits per heavy atom. The highest BCUT2D eigenvalue weighted by Crippen LogP contribution is 2.22. The van der Waals surface area contributed by atoms with Crippen LogP contribution in [-0.4, -0.2) is 21.3 Å². The average molecular weight is 231 g/mol. The molecule has 0 radical (unpaired) electrons. The first-order valence-electron chi connectivity index (χ1n) is 6.33. The van der Waals surface area contributed by atoms with Crippen molar-refractivity contribution in [1.29, 1.82) is 0 Å². The molecule has 0 spiro atoms. The summed E-state index contributed by atoms with van der Waals surface area (Å²) in [7, 11) is -0.562. The molecule has 0 aromatic carbocycles. The highest BCUT2D eigenvalue weighted by atomic mass is 32.2. The van der Waals surface area contributed by atoms with Crippen LogP contribution in [0.25, 0.3) is 0 Å². The molecule has 15 heavy (non-hydrogen) atoms. The van der Waals surface area contributed by atoms with Crippen LogP contribution in [0.1, 0.15) is 58.3 Å². The molecule has 1 fully saturated rings. The molecule has 0 saturated heterocycles. The fourth-order valence-corrected chi connectivity index (χ4v) is 3.89. The molecule has 0 aromatic heterocycles. The van der Waals surface area contributed by atoms with Gasteiger partial charge in [-0.15, -0.1) is 0 Å². The summed E-state index contributed by atoms with van der Waals surface area (Å²) in [6, 6.07) is 0.299. The molecule has 90 valence electrons. The molecular weight excluding hydrogens is 206 g/mol. The Morgan fingerprint density at radius 1 is 1.27 bits per heavy atom. The first-order valence-corrected chi connectivity index (χ1v) is 7.71. The molecule has 0 aromatic rings. The van der Waals surface area contributed by atoms with Crippen molar-refractivity contribution in [2.24, 2.45) is 5.73 Å². The Kier molecular flexibility index (Phi) is 6.50. The van der Waals surface area contributed by atoms with Crippen molar-refractivity contribution in [2.75, 3.05) is 5.75 Å². The van der Waals surface area contributed by atoms with Gasteiger partial charge in [-0.2, -0.15) is 0 Å². The summed E-state index contributed by atoms with van der Waals surface area (Å²) in [5.74, 6) is 0.900. The largest absolute Gasteiger partial charge is 0.328 e. The zero-order valence-electron chi connectivity index (χ0n) is 9.91. The number of hydrogen-bond donors (Lipinski definition) is 1. The van der Waals surface area contributed by atoms with Crippen molar-refractivity contribution in [3.8, 4) is 0 Å². The molecule has 2 unspecified atom stereocenters. The minimum Gasteiger partial charge on any atom is -0.328 e. The molecule has 2 atom stereocenters. The van der Waals surface area contributed by atoms with Crippen LogP contribution in [-0.2, 0) is 10.8 Å². The predicted molar refractivity (Wildman–Crippen MR) is 67.4 cm³/mol. The molecule has 1 aliphatic rings. The van der Waals surface area contributed by atoms with Gasteiger partial charge in [0.1, 0.15) is 0 Å². The average Bonchev–Trinajstić information content (AvgIpc) is 2.25. The van der Waals surface area contributed by atoms with E-state index in [4.69, 9.17) is 5.73 Å². The fourth-order valence-electron chi connectivity index (χ4n) is 2.21. The second-order valence-electron chi connectivity index (χ2n) is 4.82. The van der Waals surface area contributed by atoms with E-state index in [1.165, 1.54) is 32.1 Å². The SMILES string of the molecule is CC(N)CCCCS(=O)C1CCCCC1. The van der Waals surface area contributed by atoms with Crippen LogP contribution < -0.4 is 5.73 Å². The van der Waals surface area contributed by atoms with Gasteiger partial charge in [-0.05, 0) is 32.6 Å². The van der Waals surface area contributed by atoms with E-state index < -0.39 is 10.8 Å². The first-order chi connectivity index (χ1) is 7.20. The number of rotatable bonds is 6. The molecule has 0 aliphatic heterocycles. The molecule has 2 nitrogen and oxygen atoms in total. The second kappa shape index (κ2) is 7.39. The van der Waals surface area contributed by atoms with Gasteiger partial charge in [0.2, 0.25) is 0 Å². The maximum atomic E-state index is 11.9. The van der Waals surface area contributed by atoms with Crippen LogP contribution >= 0.6 is 0 Å². The minimum atomic E-state index is -0.562. The van der Waals surface area contributed by atoms with E-state index in [1.807, 2.05) is 6.92 Å². The van der Waals surface area contributed by atoms with E-state index in [0.29, 0.717) is 11.3 Å². The minimum absolute atomic E-state index is 0.299. The zero-order chi connectivity index (χ0) is 11.1. The molecule has 3 heteroatoms. The van der Waals surface area contributed by atoms with Crippen LogP contribution in [0, 0.1) is 0 Å². The molecule has 0 amide bonds. The lowest BCUT2D eigenvalue weighted by Gasteiger charge is -2.20. The predicted octanol–water partition coefficient (Wildman–Crippen LogP) is 2.59. The van der Waals surface area contributed by atoms with E-state index in [-0.39, 0.29) is 0 Å². The van der Waals surface area contributed by atoms with Gasteiger partial charge >= 0.3 is 0 Å². The molecule has 0 heterocycles. The van der Waals surface area contributed by atoms with E-state index >= 15 is 0 Å². The zero-order valence-corrected chi connectivity index (χ0v) is 10.7.